The van der Waals surface area contributed by atoms with Crippen molar-refractivity contribution >= 4 is 11.9 Å². The third-order valence-electron chi connectivity index (χ3n) is 4.31. The van der Waals surface area contributed by atoms with Crippen LogP contribution in [0.3, 0.4) is 0 Å². The summed E-state index contributed by atoms with van der Waals surface area (Å²) in [5.74, 6) is -0.867. The van der Waals surface area contributed by atoms with E-state index in [0.29, 0.717) is 19.5 Å². The van der Waals surface area contributed by atoms with Gasteiger partial charge in [0.05, 0.1) is 12.0 Å². The average Bonchev–Trinajstić information content (AvgIpc) is 2.35. The van der Waals surface area contributed by atoms with Crippen LogP contribution in [0.25, 0.3) is 0 Å². The predicted molar refractivity (Wildman–Crippen MR) is 69.7 cm³/mol. The summed E-state index contributed by atoms with van der Waals surface area (Å²) in [5, 5.41) is 8.90. The lowest BCUT2D eigenvalue weighted by Crippen LogP contribution is -2.53. The van der Waals surface area contributed by atoms with Crippen LogP contribution in [0.2, 0.25) is 0 Å². The number of carbonyl (C=O) groups excluding carboxylic acids is 1. The number of rotatable bonds is 5. The van der Waals surface area contributed by atoms with Gasteiger partial charge in [0.25, 0.3) is 0 Å². The van der Waals surface area contributed by atoms with Gasteiger partial charge >= 0.3 is 5.97 Å². The Labute approximate surface area is 113 Å². The lowest BCUT2D eigenvalue weighted by atomic mass is 9.87. The van der Waals surface area contributed by atoms with E-state index < -0.39 is 5.97 Å². The Kier molecular flexibility index (Phi) is 4.80. The molecular weight excluding hydrogens is 246 g/mol. The summed E-state index contributed by atoms with van der Waals surface area (Å²) in [4.78, 5) is 24.5. The van der Waals surface area contributed by atoms with E-state index in [1.54, 1.807) is 11.8 Å². The Balaban J connectivity index is 1.64. The van der Waals surface area contributed by atoms with Gasteiger partial charge in [-0.15, -0.1) is 0 Å². The van der Waals surface area contributed by atoms with E-state index in [9.17, 15) is 9.59 Å². The first-order valence-electron chi connectivity index (χ1n) is 7.20. The maximum absolute atomic E-state index is 11.9. The Bertz CT molecular complexity index is 332. The van der Waals surface area contributed by atoms with Gasteiger partial charge in [-0.2, -0.15) is 0 Å². The monoisotopic (exact) mass is 269 g/mol. The molecule has 0 saturated carbocycles. The minimum Gasteiger partial charge on any atom is -0.481 e. The van der Waals surface area contributed by atoms with E-state index in [4.69, 9.17) is 9.84 Å². The van der Waals surface area contributed by atoms with E-state index in [1.807, 2.05) is 0 Å². The van der Waals surface area contributed by atoms with E-state index in [1.165, 1.54) is 6.42 Å². The van der Waals surface area contributed by atoms with E-state index in [-0.39, 0.29) is 23.8 Å². The molecule has 5 heteroatoms. The molecule has 108 valence electrons. The van der Waals surface area contributed by atoms with Crippen molar-refractivity contribution in [3.05, 3.63) is 0 Å². The van der Waals surface area contributed by atoms with Gasteiger partial charge < -0.3 is 14.7 Å². The number of nitrogens with zero attached hydrogens (tertiary/aromatic N) is 1. The summed E-state index contributed by atoms with van der Waals surface area (Å²) in [7, 11) is 0. The van der Waals surface area contributed by atoms with Crippen molar-refractivity contribution in [1.82, 2.24) is 4.90 Å². The van der Waals surface area contributed by atoms with Crippen molar-refractivity contribution in [3.8, 4) is 0 Å². The number of hydrogen-bond donors (Lipinski definition) is 1. The van der Waals surface area contributed by atoms with Crippen molar-refractivity contribution < 1.29 is 19.4 Å². The van der Waals surface area contributed by atoms with Crippen LogP contribution in [0.5, 0.6) is 0 Å². The molecule has 0 radical (unpaired) electrons. The quantitative estimate of drug-likeness (QED) is 0.821. The zero-order valence-electron chi connectivity index (χ0n) is 11.5. The summed E-state index contributed by atoms with van der Waals surface area (Å²) < 4.78 is 5.60. The topological polar surface area (TPSA) is 66.8 Å². The molecule has 2 aliphatic heterocycles. The van der Waals surface area contributed by atoms with Crippen molar-refractivity contribution in [2.45, 2.75) is 45.1 Å². The number of likely N-dealkylation sites (tertiary alicyclic amines) is 1. The molecule has 0 aromatic heterocycles. The van der Waals surface area contributed by atoms with Crippen LogP contribution in [-0.4, -0.2) is 47.7 Å². The Hall–Kier alpha value is -1.10. The van der Waals surface area contributed by atoms with Crippen LogP contribution < -0.4 is 0 Å². The highest BCUT2D eigenvalue weighted by atomic mass is 16.5. The lowest BCUT2D eigenvalue weighted by molar-refractivity contribution is -0.150. The third-order valence-corrected chi connectivity index (χ3v) is 4.31. The second kappa shape index (κ2) is 6.37. The van der Waals surface area contributed by atoms with Crippen molar-refractivity contribution in [2.24, 2.45) is 11.8 Å². The standard InChI is InChI=1S/C14H23NO4/c1-10(14(17)18)11-8-15(9-11)13(16)6-5-12-4-2-3-7-19-12/h10-12H,2-9H2,1H3,(H,17,18). The van der Waals surface area contributed by atoms with Gasteiger partial charge in [0.1, 0.15) is 0 Å². The maximum Gasteiger partial charge on any atom is 0.306 e. The number of carboxylic acid groups (broad SMARTS) is 1. The fourth-order valence-corrected chi connectivity index (χ4v) is 2.71. The second-order valence-corrected chi connectivity index (χ2v) is 5.71. The predicted octanol–water partition coefficient (Wildman–Crippen LogP) is 1.51. The second-order valence-electron chi connectivity index (χ2n) is 5.71. The smallest absolute Gasteiger partial charge is 0.306 e. The molecule has 2 rings (SSSR count). The molecule has 1 amide bonds. The molecule has 19 heavy (non-hydrogen) atoms. The lowest BCUT2D eigenvalue weighted by Gasteiger charge is -2.41. The normalized spacial score (nSPS) is 25.7. The van der Waals surface area contributed by atoms with Crippen molar-refractivity contribution in [2.75, 3.05) is 19.7 Å². The zero-order chi connectivity index (χ0) is 13.8. The Morgan fingerprint density at radius 3 is 2.68 bits per heavy atom. The molecule has 5 nitrogen and oxygen atoms in total. The van der Waals surface area contributed by atoms with Crippen LogP contribution in [-0.2, 0) is 14.3 Å². The fraction of sp³-hybridized carbons (Fsp3) is 0.857. The number of carboxylic acids is 1. The molecule has 0 spiro atoms. The zero-order valence-corrected chi connectivity index (χ0v) is 11.5. The summed E-state index contributed by atoms with van der Waals surface area (Å²) in [6.07, 6.45) is 4.96. The van der Waals surface area contributed by atoms with Gasteiger partial charge in [0, 0.05) is 32.0 Å². The van der Waals surface area contributed by atoms with Gasteiger partial charge in [-0.3, -0.25) is 9.59 Å². The number of carbonyl (C=O) groups is 2. The van der Waals surface area contributed by atoms with Crippen molar-refractivity contribution in [1.29, 1.82) is 0 Å². The summed E-state index contributed by atoms with van der Waals surface area (Å²) in [5.41, 5.74) is 0. The van der Waals surface area contributed by atoms with Gasteiger partial charge in [-0.05, 0) is 25.7 Å². The van der Waals surface area contributed by atoms with E-state index >= 15 is 0 Å². The molecule has 2 unspecified atom stereocenters. The Morgan fingerprint density at radius 2 is 2.11 bits per heavy atom. The highest BCUT2D eigenvalue weighted by molar-refractivity contribution is 5.77. The van der Waals surface area contributed by atoms with Crippen LogP contribution >= 0.6 is 0 Å². The Morgan fingerprint density at radius 1 is 1.37 bits per heavy atom. The first kappa shape index (κ1) is 14.3. The molecule has 2 fully saturated rings. The molecule has 2 heterocycles. The van der Waals surface area contributed by atoms with Crippen molar-refractivity contribution in [3.63, 3.8) is 0 Å². The molecule has 2 saturated heterocycles. The van der Waals surface area contributed by atoms with Gasteiger partial charge in [0.15, 0.2) is 0 Å². The largest absolute Gasteiger partial charge is 0.481 e. The highest BCUT2D eigenvalue weighted by Crippen LogP contribution is 2.25. The van der Waals surface area contributed by atoms with Gasteiger partial charge in [0.2, 0.25) is 5.91 Å². The number of hydrogen-bond acceptors (Lipinski definition) is 3. The van der Waals surface area contributed by atoms with Crippen LogP contribution in [0.15, 0.2) is 0 Å². The maximum atomic E-state index is 11.9. The summed E-state index contributed by atoms with van der Waals surface area (Å²) in [6, 6.07) is 0. The molecular formula is C14H23NO4. The van der Waals surface area contributed by atoms with E-state index in [2.05, 4.69) is 0 Å². The SMILES string of the molecule is CC(C(=O)O)C1CN(C(=O)CCC2CCCCO2)C1. The summed E-state index contributed by atoms with van der Waals surface area (Å²) in [6.45, 7) is 3.72. The average molecular weight is 269 g/mol. The number of ether oxygens (including phenoxy) is 1. The number of aliphatic carboxylic acids is 1. The summed E-state index contributed by atoms with van der Waals surface area (Å²) >= 11 is 0. The molecule has 0 aliphatic carbocycles. The van der Waals surface area contributed by atoms with Crippen LogP contribution in [0.4, 0.5) is 0 Å². The van der Waals surface area contributed by atoms with E-state index in [0.717, 1.165) is 25.9 Å². The molecule has 1 N–H and O–H groups in total. The van der Waals surface area contributed by atoms with Crippen LogP contribution in [0.1, 0.15) is 39.0 Å². The van der Waals surface area contributed by atoms with Gasteiger partial charge in [-0.25, -0.2) is 0 Å². The minimum absolute atomic E-state index is 0.118. The third kappa shape index (κ3) is 3.69. The number of amides is 1. The van der Waals surface area contributed by atoms with Gasteiger partial charge in [-0.1, -0.05) is 6.92 Å². The molecule has 0 bridgehead atoms. The molecule has 0 aromatic rings. The first-order valence-corrected chi connectivity index (χ1v) is 7.20. The highest BCUT2D eigenvalue weighted by Gasteiger charge is 2.36. The molecule has 2 atom stereocenters. The molecule has 2 aliphatic rings. The molecule has 0 aromatic carbocycles. The van der Waals surface area contributed by atoms with Crippen LogP contribution in [0, 0.1) is 11.8 Å². The first-order chi connectivity index (χ1) is 9.08. The minimum atomic E-state index is -0.771. The fourth-order valence-electron chi connectivity index (χ4n) is 2.71.